The van der Waals surface area contributed by atoms with Gasteiger partial charge in [0.2, 0.25) is 5.91 Å². The summed E-state index contributed by atoms with van der Waals surface area (Å²) in [7, 11) is 0. The van der Waals surface area contributed by atoms with Crippen LogP contribution in [-0.2, 0) is 4.79 Å². The summed E-state index contributed by atoms with van der Waals surface area (Å²) in [5.41, 5.74) is 0. The van der Waals surface area contributed by atoms with E-state index in [2.05, 4.69) is 17.6 Å². The van der Waals surface area contributed by atoms with Crippen LogP contribution in [0, 0.1) is 0 Å². The summed E-state index contributed by atoms with van der Waals surface area (Å²) >= 11 is 2.01. The van der Waals surface area contributed by atoms with Crippen LogP contribution in [0.2, 0.25) is 0 Å². The van der Waals surface area contributed by atoms with Crippen molar-refractivity contribution in [1.29, 1.82) is 0 Å². The van der Waals surface area contributed by atoms with Gasteiger partial charge in [0.25, 0.3) is 0 Å². The summed E-state index contributed by atoms with van der Waals surface area (Å²) in [6.07, 6.45) is 7.92. The average Bonchev–Trinajstić information content (AvgIpc) is 2.99. The molecular formula is C14H26N2OS. The first-order valence-electron chi connectivity index (χ1n) is 7.44. The molecule has 2 rings (SSSR count). The van der Waals surface area contributed by atoms with Crippen LogP contribution in [0.1, 0.15) is 51.9 Å². The summed E-state index contributed by atoms with van der Waals surface area (Å²) < 4.78 is 0. The standard InChI is InChI=1S/C14H26N2OS/c1-2-18-13-7-3-6-12(13)16-14(17)9-8-11-5-4-10-15-11/h11-13,15H,2-10H2,1H3,(H,16,17). The lowest BCUT2D eigenvalue weighted by molar-refractivity contribution is -0.121. The molecule has 2 fully saturated rings. The van der Waals surface area contributed by atoms with Crippen molar-refractivity contribution >= 4 is 17.7 Å². The van der Waals surface area contributed by atoms with Gasteiger partial charge in [-0.1, -0.05) is 13.3 Å². The van der Waals surface area contributed by atoms with Crippen LogP contribution >= 0.6 is 11.8 Å². The van der Waals surface area contributed by atoms with Gasteiger partial charge in [-0.15, -0.1) is 0 Å². The SMILES string of the molecule is CCSC1CCCC1NC(=O)CCC1CCCN1. The number of carbonyl (C=O) groups excluding carboxylic acids is 1. The molecule has 1 amide bonds. The van der Waals surface area contributed by atoms with Crippen molar-refractivity contribution in [2.45, 2.75) is 69.2 Å². The third-order valence-corrected chi connectivity index (χ3v) is 5.39. The van der Waals surface area contributed by atoms with Crippen molar-refractivity contribution in [3.63, 3.8) is 0 Å². The van der Waals surface area contributed by atoms with Crippen LogP contribution in [0.4, 0.5) is 0 Å². The average molecular weight is 270 g/mol. The summed E-state index contributed by atoms with van der Waals surface area (Å²) in [6, 6.07) is 1.01. The summed E-state index contributed by atoms with van der Waals surface area (Å²) in [5, 5.41) is 7.36. The maximum atomic E-state index is 12.0. The molecule has 18 heavy (non-hydrogen) atoms. The van der Waals surface area contributed by atoms with Crippen LogP contribution in [0.25, 0.3) is 0 Å². The first kappa shape index (κ1) is 14.2. The smallest absolute Gasteiger partial charge is 0.220 e. The van der Waals surface area contributed by atoms with E-state index in [-0.39, 0.29) is 5.91 Å². The molecule has 0 aromatic heterocycles. The molecule has 0 bridgehead atoms. The molecule has 2 N–H and O–H groups in total. The number of rotatable bonds is 6. The van der Waals surface area contributed by atoms with Gasteiger partial charge in [0.15, 0.2) is 0 Å². The van der Waals surface area contributed by atoms with Crippen LogP contribution in [0.3, 0.4) is 0 Å². The molecule has 1 heterocycles. The van der Waals surface area contributed by atoms with Crippen molar-refractivity contribution < 1.29 is 4.79 Å². The van der Waals surface area contributed by atoms with E-state index in [1.807, 2.05) is 11.8 Å². The molecule has 1 aliphatic carbocycles. The van der Waals surface area contributed by atoms with E-state index in [1.165, 1.54) is 32.1 Å². The second-order valence-corrected chi connectivity index (χ2v) is 6.95. The third-order valence-electron chi connectivity index (χ3n) is 4.06. The Morgan fingerprint density at radius 2 is 2.22 bits per heavy atom. The lowest BCUT2D eigenvalue weighted by atomic mass is 10.1. The molecule has 0 radical (unpaired) electrons. The van der Waals surface area contributed by atoms with Gasteiger partial charge in [-0.05, 0) is 44.4 Å². The van der Waals surface area contributed by atoms with Crippen LogP contribution < -0.4 is 10.6 Å². The minimum absolute atomic E-state index is 0.261. The topological polar surface area (TPSA) is 41.1 Å². The number of hydrogen-bond donors (Lipinski definition) is 2. The molecule has 0 aromatic rings. The predicted molar refractivity (Wildman–Crippen MR) is 78.0 cm³/mol. The molecule has 1 saturated heterocycles. The molecule has 1 saturated carbocycles. The Hall–Kier alpha value is -0.220. The Bertz CT molecular complexity index is 267. The number of thioether (sulfide) groups is 1. The number of nitrogens with one attached hydrogen (secondary N) is 2. The van der Waals surface area contributed by atoms with E-state index in [4.69, 9.17) is 0 Å². The van der Waals surface area contributed by atoms with Crippen molar-refractivity contribution in [3.05, 3.63) is 0 Å². The Labute approximate surface area is 115 Å². The number of hydrogen-bond acceptors (Lipinski definition) is 3. The fourth-order valence-electron chi connectivity index (χ4n) is 3.09. The van der Waals surface area contributed by atoms with Crippen LogP contribution in [0.5, 0.6) is 0 Å². The van der Waals surface area contributed by atoms with Crippen LogP contribution in [-0.4, -0.2) is 35.5 Å². The summed E-state index contributed by atoms with van der Waals surface area (Å²) in [6.45, 7) is 3.33. The highest BCUT2D eigenvalue weighted by Crippen LogP contribution is 2.29. The molecule has 1 aliphatic heterocycles. The molecule has 0 aromatic carbocycles. The minimum Gasteiger partial charge on any atom is -0.352 e. The molecule has 3 nitrogen and oxygen atoms in total. The second kappa shape index (κ2) is 7.39. The summed E-state index contributed by atoms with van der Waals surface area (Å²) in [5.74, 6) is 1.42. The van der Waals surface area contributed by atoms with Gasteiger partial charge >= 0.3 is 0 Å². The highest BCUT2D eigenvalue weighted by atomic mass is 32.2. The highest BCUT2D eigenvalue weighted by molar-refractivity contribution is 7.99. The zero-order valence-electron chi connectivity index (χ0n) is 11.4. The number of amides is 1. The largest absolute Gasteiger partial charge is 0.352 e. The molecule has 4 heteroatoms. The Morgan fingerprint density at radius 1 is 1.33 bits per heavy atom. The Morgan fingerprint density at radius 3 is 2.94 bits per heavy atom. The first-order valence-corrected chi connectivity index (χ1v) is 8.49. The van der Waals surface area contributed by atoms with E-state index in [0.29, 0.717) is 23.8 Å². The normalized spacial score (nSPS) is 31.7. The van der Waals surface area contributed by atoms with Crippen LogP contribution in [0.15, 0.2) is 0 Å². The van der Waals surface area contributed by atoms with E-state index in [9.17, 15) is 4.79 Å². The maximum Gasteiger partial charge on any atom is 0.220 e. The van der Waals surface area contributed by atoms with Gasteiger partial charge in [-0.3, -0.25) is 4.79 Å². The lowest BCUT2D eigenvalue weighted by Gasteiger charge is -2.20. The van der Waals surface area contributed by atoms with E-state index in [1.54, 1.807) is 0 Å². The van der Waals surface area contributed by atoms with Gasteiger partial charge in [0.05, 0.1) is 0 Å². The lowest BCUT2D eigenvalue weighted by Crippen LogP contribution is -2.39. The van der Waals surface area contributed by atoms with Gasteiger partial charge in [-0.25, -0.2) is 0 Å². The second-order valence-electron chi connectivity index (χ2n) is 5.43. The van der Waals surface area contributed by atoms with E-state index < -0.39 is 0 Å². The molecule has 3 unspecified atom stereocenters. The van der Waals surface area contributed by atoms with Gasteiger partial charge in [0.1, 0.15) is 0 Å². The first-order chi connectivity index (χ1) is 8.79. The monoisotopic (exact) mass is 270 g/mol. The minimum atomic E-state index is 0.261. The molecule has 104 valence electrons. The molecule has 2 aliphatic rings. The highest BCUT2D eigenvalue weighted by Gasteiger charge is 2.28. The van der Waals surface area contributed by atoms with Crippen molar-refractivity contribution in [2.24, 2.45) is 0 Å². The Balaban J connectivity index is 1.66. The molecule has 3 atom stereocenters. The van der Waals surface area contributed by atoms with Gasteiger partial charge in [0, 0.05) is 23.8 Å². The van der Waals surface area contributed by atoms with Gasteiger partial charge in [-0.2, -0.15) is 11.8 Å². The van der Waals surface area contributed by atoms with Crippen molar-refractivity contribution in [3.8, 4) is 0 Å². The van der Waals surface area contributed by atoms with Gasteiger partial charge < -0.3 is 10.6 Å². The predicted octanol–water partition coefficient (Wildman–Crippen LogP) is 2.31. The fraction of sp³-hybridized carbons (Fsp3) is 0.929. The molecule has 0 spiro atoms. The van der Waals surface area contributed by atoms with Crippen molar-refractivity contribution in [2.75, 3.05) is 12.3 Å². The molecular weight excluding hydrogens is 244 g/mol. The zero-order chi connectivity index (χ0) is 12.8. The van der Waals surface area contributed by atoms with E-state index >= 15 is 0 Å². The zero-order valence-corrected chi connectivity index (χ0v) is 12.2. The fourth-order valence-corrected chi connectivity index (χ4v) is 4.29. The summed E-state index contributed by atoms with van der Waals surface area (Å²) in [4.78, 5) is 12.0. The van der Waals surface area contributed by atoms with Crippen molar-refractivity contribution in [1.82, 2.24) is 10.6 Å². The quantitative estimate of drug-likeness (QED) is 0.778. The van der Waals surface area contributed by atoms with E-state index in [0.717, 1.165) is 18.7 Å². The number of carbonyl (C=O) groups is 1. The maximum absolute atomic E-state index is 12.0. The Kier molecular flexibility index (Phi) is 5.83. The third kappa shape index (κ3) is 4.16.